The van der Waals surface area contributed by atoms with Crippen molar-refractivity contribution in [3.05, 3.63) is 76.9 Å². The van der Waals surface area contributed by atoms with Gasteiger partial charge in [-0.3, -0.25) is 14.6 Å². The van der Waals surface area contributed by atoms with E-state index in [2.05, 4.69) is 20.8 Å². The van der Waals surface area contributed by atoms with Gasteiger partial charge in [-0.2, -0.15) is 5.10 Å². The molecule has 0 aromatic carbocycles. The highest BCUT2D eigenvalue weighted by molar-refractivity contribution is 6.07. The molecule has 0 fully saturated rings. The summed E-state index contributed by atoms with van der Waals surface area (Å²) in [6, 6.07) is 6.91. The number of furan rings is 2. The normalized spacial score (nSPS) is 14.4. The average Bonchev–Trinajstić information content (AvgIpc) is 3.40. The minimum Gasteiger partial charge on any atom is -0.459 e. The van der Waals surface area contributed by atoms with Crippen LogP contribution in [0.2, 0.25) is 0 Å². The third-order valence-corrected chi connectivity index (χ3v) is 4.75. The number of hydrazone groups is 1. The number of carbonyl (C=O) groups excluding carboxylic acids is 2. The van der Waals surface area contributed by atoms with E-state index in [1.807, 2.05) is 19.1 Å². The summed E-state index contributed by atoms with van der Waals surface area (Å²) in [7, 11) is 0. The molecule has 3 heterocycles. The van der Waals surface area contributed by atoms with Crippen LogP contribution >= 0.6 is 0 Å². The molecule has 29 heavy (non-hydrogen) atoms. The highest BCUT2D eigenvalue weighted by atomic mass is 16.4. The van der Waals surface area contributed by atoms with Crippen molar-refractivity contribution in [2.24, 2.45) is 5.10 Å². The summed E-state index contributed by atoms with van der Waals surface area (Å²) in [5, 5.41) is 7.12. The van der Waals surface area contributed by atoms with Crippen LogP contribution in [0.4, 0.5) is 0 Å². The number of aryl methyl sites for hydroxylation is 1. The Balaban J connectivity index is 1.52. The maximum Gasteiger partial charge on any atom is 0.307 e. The third-order valence-electron chi connectivity index (χ3n) is 4.75. The van der Waals surface area contributed by atoms with Gasteiger partial charge in [0.15, 0.2) is 11.5 Å². The van der Waals surface area contributed by atoms with E-state index < -0.39 is 5.91 Å². The molecular weight excluding hydrogens is 372 g/mol. The maximum absolute atomic E-state index is 12.6. The second-order valence-corrected chi connectivity index (χ2v) is 6.73. The molecule has 0 atom stereocenters. The Morgan fingerprint density at radius 2 is 2.10 bits per heavy atom. The minimum atomic E-state index is -0.426. The molecule has 8 nitrogen and oxygen atoms in total. The quantitative estimate of drug-likeness (QED) is 0.649. The predicted octanol–water partition coefficient (Wildman–Crippen LogP) is 2.98. The second-order valence-electron chi connectivity index (χ2n) is 6.73. The molecule has 2 amide bonds. The average molecular weight is 392 g/mol. The van der Waals surface area contributed by atoms with Crippen LogP contribution in [0.3, 0.4) is 0 Å². The van der Waals surface area contributed by atoms with Gasteiger partial charge in [-0.05, 0) is 43.5 Å². The van der Waals surface area contributed by atoms with E-state index in [1.54, 1.807) is 24.5 Å². The van der Waals surface area contributed by atoms with Crippen LogP contribution in [-0.4, -0.2) is 22.5 Å². The molecule has 0 unspecified atom stereocenters. The topological polar surface area (TPSA) is 110 Å². The number of nitrogens with zero attached hydrogens (tertiary/aromatic N) is 2. The first-order valence-electron chi connectivity index (χ1n) is 9.33. The number of carbonyl (C=O) groups is 2. The summed E-state index contributed by atoms with van der Waals surface area (Å²) < 4.78 is 10.9. The summed E-state index contributed by atoms with van der Waals surface area (Å²) in [5.74, 6) is 0.451. The Kier molecular flexibility index (Phi) is 5.24. The van der Waals surface area contributed by atoms with E-state index in [1.165, 1.54) is 6.26 Å². The van der Waals surface area contributed by atoms with Crippen LogP contribution in [0.5, 0.6) is 0 Å². The van der Waals surface area contributed by atoms with E-state index in [0.717, 1.165) is 29.5 Å². The van der Waals surface area contributed by atoms with Crippen molar-refractivity contribution in [2.45, 2.75) is 32.7 Å². The second kappa shape index (κ2) is 8.14. The zero-order valence-corrected chi connectivity index (χ0v) is 15.9. The standard InChI is InChI=1S/C21H20N4O4/c1-13-18-15(24-25-20(26)17-8-4-10-28-17)6-2-7-16(18)29-19(13)21(27)23-12-14-5-3-9-22-11-14/h3-5,8-11H,2,6-7,12H2,1H3,(H,23,27)(H,25,26)/b24-15+. The number of aromatic nitrogens is 1. The van der Waals surface area contributed by atoms with Crippen molar-refractivity contribution in [3.8, 4) is 0 Å². The summed E-state index contributed by atoms with van der Waals surface area (Å²) in [5.41, 5.74) is 5.62. The van der Waals surface area contributed by atoms with Gasteiger partial charge in [0.1, 0.15) is 5.76 Å². The van der Waals surface area contributed by atoms with Gasteiger partial charge in [-0.15, -0.1) is 0 Å². The number of nitrogens with one attached hydrogen (secondary N) is 2. The van der Waals surface area contributed by atoms with E-state index in [9.17, 15) is 9.59 Å². The number of amides is 2. The molecule has 3 aromatic heterocycles. The first-order valence-corrected chi connectivity index (χ1v) is 9.33. The van der Waals surface area contributed by atoms with Crippen molar-refractivity contribution in [3.63, 3.8) is 0 Å². The monoisotopic (exact) mass is 392 g/mol. The highest BCUT2D eigenvalue weighted by Gasteiger charge is 2.28. The van der Waals surface area contributed by atoms with E-state index in [-0.39, 0.29) is 17.4 Å². The highest BCUT2D eigenvalue weighted by Crippen LogP contribution is 2.29. The van der Waals surface area contributed by atoms with Crippen LogP contribution in [0.1, 0.15) is 56.4 Å². The lowest BCUT2D eigenvalue weighted by atomic mass is 9.93. The molecule has 1 aliphatic rings. The van der Waals surface area contributed by atoms with Gasteiger partial charge in [0.25, 0.3) is 5.91 Å². The first kappa shape index (κ1) is 18.7. The van der Waals surface area contributed by atoms with E-state index in [4.69, 9.17) is 8.83 Å². The molecular formula is C21H20N4O4. The van der Waals surface area contributed by atoms with Gasteiger partial charge in [0, 0.05) is 36.5 Å². The summed E-state index contributed by atoms with van der Waals surface area (Å²) in [4.78, 5) is 28.7. The van der Waals surface area contributed by atoms with Gasteiger partial charge in [0.2, 0.25) is 0 Å². The Labute approximate surface area is 167 Å². The molecule has 8 heteroatoms. The van der Waals surface area contributed by atoms with Crippen LogP contribution in [-0.2, 0) is 13.0 Å². The van der Waals surface area contributed by atoms with Gasteiger partial charge in [-0.1, -0.05) is 6.07 Å². The van der Waals surface area contributed by atoms with Crippen molar-refractivity contribution >= 4 is 17.5 Å². The van der Waals surface area contributed by atoms with E-state index in [0.29, 0.717) is 24.4 Å². The lowest BCUT2D eigenvalue weighted by molar-refractivity contribution is 0.0916. The number of hydrogen-bond donors (Lipinski definition) is 2. The molecule has 3 aromatic rings. The Hall–Kier alpha value is -3.68. The molecule has 0 radical (unpaired) electrons. The molecule has 148 valence electrons. The SMILES string of the molecule is Cc1c(C(=O)NCc2cccnc2)oc2c1/C(=N/NC(=O)c1ccco1)CCC2. The fraction of sp³-hybridized carbons (Fsp3) is 0.238. The molecule has 0 spiro atoms. The van der Waals surface area contributed by atoms with Crippen molar-refractivity contribution in [1.29, 1.82) is 0 Å². The Morgan fingerprint density at radius 3 is 2.86 bits per heavy atom. The Bertz CT molecular complexity index is 1050. The lowest BCUT2D eigenvalue weighted by Gasteiger charge is -2.13. The zero-order valence-electron chi connectivity index (χ0n) is 15.9. The molecule has 0 saturated carbocycles. The minimum absolute atomic E-state index is 0.185. The number of hydrogen-bond acceptors (Lipinski definition) is 6. The summed E-state index contributed by atoms with van der Waals surface area (Å²) >= 11 is 0. The largest absolute Gasteiger partial charge is 0.459 e. The fourth-order valence-electron chi connectivity index (χ4n) is 3.34. The van der Waals surface area contributed by atoms with Gasteiger partial charge in [-0.25, -0.2) is 5.43 Å². The van der Waals surface area contributed by atoms with E-state index >= 15 is 0 Å². The molecule has 0 aliphatic heterocycles. The number of fused-ring (bicyclic) bond motifs is 1. The van der Waals surface area contributed by atoms with Crippen LogP contribution in [0.15, 0.2) is 56.9 Å². The summed E-state index contributed by atoms with van der Waals surface area (Å²) in [6.07, 6.45) is 7.04. The van der Waals surface area contributed by atoms with Crippen LogP contribution < -0.4 is 10.7 Å². The molecule has 1 aliphatic carbocycles. The number of pyridine rings is 1. The predicted molar refractivity (Wildman–Crippen MR) is 105 cm³/mol. The fourth-order valence-corrected chi connectivity index (χ4v) is 3.34. The molecule has 2 N–H and O–H groups in total. The van der Waals surface area contributed by atoms with Gasteiger partial charge in [0.05, 0.1) is 12.0 Å². The zero-order chi connectivity index (χ0) is 20.2. The Morgan fingerprint density at radius 1 is 1.21 bits per heavy atom. The maximum atomic E-state index is 12.6. The number of rotatable bonds is 5. The summed E-state index contributed by atoms with van der Waals surface area (Å²) in [6.45, 7) is 2.19. The first-order chi connectivity index (χ1) is 14.1. The van der Waals surface area contributed by atoms with Crippen molar-refractivity contribution < 1.29 is 18.4 Å². The molecule has 0 bridgehead atoms. The molecule has 4 rings (SSSR count). The van der Waals surface area contributed by atoms with Gasteiger partial charge < -0.3 is 14.2 Å². The van der Waals surface area contributed by atoms with Crippen molar-refractivity contribution in [2.75, 3.05) is 0 Å². The third kappa shape index (κ3) is 3.96. The van der Waals surface area contributed by atoms with Crippen LogP contribution in [0, 0.1) is 6.92 Å². The lowest BCUT2D eigenvalue weighted by Crippen LogP contribution is -2.23. The van der Waals surface area contributed by atoms with Crippen molar-refractivity contribution in [1.82, 2.24) is 15.7 Å². The molecule has 0 saturated heterocycles. The van der Waals surface area contributed by atoms with Gasteiger partial charge >= 0.3 is 5.91 Å². The van der Waals surface area contributed by atoms with Crippen LogP contribution in [0.25, 0.3) is 0 Å². The smallest absolute Gasteiger partial charge is 0.307 e.